The first kappa shape index (κ1) is 32.2. The summed E-state index contributed by atoms with van der Waals surface area (Å²) < 4.78 is 25.6. The third kappa shape index (κ3) is 12.0. The summed E-state index contributed by atoms with van der Waals surface area (Å²) in [4.78, 5) is 27.3. The van der Waals surface area contributed by atoms with E-state index < -0.39 is 6.61 Å². The number of aromatic nitrogens is 2. The Balaban J connectivity index is 0. The highest BCUT2D eigenvalue weighted by Crippen LogP contribution is 2.39. The average molecular weight is 484 g/mol. The van der Waals surface area contributed by atoms with Crippen LogP contribution in [-0.2, 0) is 4.74 Å². The number of anilines is 1. The lowest BCUT2D eigenvalue weighted by Gasteiger charge is -2.12. The van der Waals surface area contributed by atoms with Gasteiger partial charge in [0.2, 0.25) is 0 Å². The van der Waals surface area contributed by atoms with Crippen LogP contribution in [-0.4, -0.2) is 49.9 Å². The molecular weight excluding hydrogens is 448 g/mol. The first-order valence-corrected chi connectivity index (χ1v) is 11.2. The molecule has 0 fully saturated rings. The number of aldehydes is 1. The van der Waals surface area contributed by atoms with Crippen LogP contribution in [0.25, 0.3) is 10.2 Å². The second-order valence-electron chi connectivity index (χ2n) is 5.58. The number of ether oxygens (including phenoxy) is 1. The predicted molar refractivity (Wildman–Crippen MR) is 137 cm³/mol. The van der Waals surface area contributed by atoms with Crippen molar-refractivity contribution in [3.05, 3.63) is 48.3 Å². The lowest BCUT2D eigenvalue weighted by Crippen LogP contribution is -2.11. The van der Waals surface area contributed by atoms with E-state index in [1.54, 1.807) is 12.4 Å². The van der Waals surface area contributed by atoms with Gasteiger partial charge in [0, 0.05) is 19.8 Å². The largest absolute Gasteiger partial charge is 0.362 e. The molecule has 0 aliphatic heterocycles. The zero-order valence-electron chi connectivity index (χ0n) is 20.4. The van der Waals surface area contributed by atoms with E-state index in [9.17, 15) is 13.6 Å². The maximum absolute atomic E-state index is 11.3. The van der Waals surface area contributed by atoms with Gasteiger partial charge in [-0.2, -0.15) is 8.78 Å². The van der Waals surface area contributed by atoms with Gasteiger partial charge in [0.05, 0.1) is 28.9 Å². The van der Waals surface area contributed by atoms with E-state index in [0.29, 0.717) is 10.6 Å². The van der Waals surface area contributed by atoms with E-state index in [1.807, 2.05) is 59.7 Å². The SMILES string of the molecule is C=C/C=C(\C)NC=Nc1c(C=O)sc2ncnc(N(C)C)c12.C=CCOC(F)F.CC.CC. The number of rotatable bonds is 9. The van der Waals surface area contributed by atoms with Crippen LogP contribution in [0.2, 0.25) is 0 Å². The molecule has 0 bridgehead atoms. The van der Waals surface area contributed by atoms with Crippen LogP contribution in [0.15, 0.2) is 48.4 Å². The number of aliphatic imine (C=N–C) groups is 1. The molecule has 0 radical (unpaired) electrons. The van der Waals surface area contributed by atoms with Gasteiger partial charge in [-0.05, 0) is 13.0 Å². The molecule has 0 unspecified atom stereocenters. The maximum Gasteiger partial charge on any atom is 0.345 e. The van der Waals surface area contributed by atoms with Gasteiger partial charge >= 0.3 is 6.61 Å². The lowest BCUT2D eigenvalue weighted by atomic mass is 10.3. The van der Waals surface area contributed by atoms with E-state index in [1.165, 1.54) is 23.7 Å². The van der Waals surface area contributed by atoms with Gasteiger partial charge in [0.1, 0.15) is 17.0 Å². The fourth-order valence-electron chi connectivity index (χ4n) is 2.03. The molecule has 2 rings (SSSR count). The Labute approximate surface area is 199 Å². The number of fused-ring (bicyclic) bond motifs is 1. The van der Waals surface area contributed by atoms with Gasteiger partial charge in [0.25, 0.3) is 0 Å². The van der Waals surface area contributed by atoms with Crippen molar-refractivity contribution in [3.63, 3.8) is 0 Å². The number of nitrogens with zero attached hydrogens (tertiary/aromatic N) is 4. The zero-order valence-corrected chi connectivity index (χ0v) is 21.2. The zero-order chi connectivity index (χ0) is 25.8. The molecule has 7 nitrogen and oxygen atoms in total. The number of hydrogen-bond donors (Lipinski definition) is 1. The van der Waals surface area contributed by atoms with Crippen molar-refractivity contribution in [3.8, 4) is 0 Å². The van der Waals surface area contributed by atoms with Crippen molar-refractivity contribution in [1.82, 2.24) is 15.3 Å². The summed E-state index contributed by atoms with van der Waals surface area (Å²) in [6, 6.07) is 0. The minimum atomic E-state index is -2.67. The van der Waals surface area contributed by atoms with Crippen LogP contribution < -0.4 is 10.2 Å². The molecular formula is C23H35F2N5O2S. The first-order chi connectivity index (χ1) is 15.8. The fourth-order valence-corrected chi connectivity index (χ4v) is 2.93. The smallest absolute Gasteiger partial charge is 0.345 e. The number of nitrogens with one attached hydrogen (secondary N) is 1. The molecule has 2 aromatic heterocycles. The van der Waals surface area contributed by atoms with Crippen molar-refractivity contribution in [2.45, 2.75) is 41.2 Å². The van der Waals surface area contributed by atoms with Crippen LogP contribution in [0, 0.1) is 0 Å². The van der Waals surface area contributed by atoms with E-state index in [0.717, 1.165) is 28.0 Å². The Morgan fingerprint density at radius 2 is 1.91 bits per heavy atom. The van der Waals surface area contributed by atoms with E-state index >= 15 is 0 Å². The van der Waals surface area contributed by atoms with E-state index in [2.05, 4.69) is 38.2 Å². The van der Waals surface area contributed by atoms with Crippen LogP contribution in [0.5, 0.6) is 0 Å². The van der Waals surface area contributed by atoms with E-state index in [-0.39, 0.29) is 6.61 Å². The first-order valence-electron chi connectivity index (χ1n) is 10.3. The molecule has 0 saturated heterocycles. The van der Waals surface area contributed by atoms with Crippen molar-refractivity contribution in [2.75, 3.05) is 25.6 Å². The molecule has 2 aromatic rings. The average Bonchev–Trinajstić information content (AvgIpc) is 3.18. The normalized spacial score (nSPS) is 10.3. The minimum Gasteiger partial charge on any atom is -0.362 e. The molecule has 0 aromatic carbocycles. The lowest BCUT2D eigenvalue weighted by molar-refractivity contribution is -0.119. The Morgan fingerprint density at radius 1 is 1.27 bits per heavy atom. The summed E-state index contributed by atoms with van der Waals surface area (Å²) in [5.41, 5.74) is 1.48. The number of carbonyl (C=O) groups is 1. The molecule has 184 valence electrons. The van der Waals surface area contributed by atoms with Crippen molar-refractivity contribution in [1.29, 1.82) is 0 Å². The molecule has 2 heterocycles. The number of halogens is 2. The summed E-state index contributed by atoms with van der Waals surface area (Å²) in [6.07, 6.45) is 8.62. The Hall–Kier alpha value is -2.98. The quantitative estimate of drug-likeness (QED) is 0.147. The number of carbonyl (C=O) groups excluding carboxylic acids is 1. The molecule has 0 aliphatic carbocycles. The van der Waals surface area contributed by atoms with Gasteiger partial charge in [-0.3, -0.25) is 4.79 Å². The number of alkyl halides is 2. The molecule has 0 aliphatic rings. The van der Waals surface area contributed by atoms with Gasteiger partial charge < -0.3 is 15.0 Å². The van der Waals surface area contributed by atoms with Gasteiger partial charge in [-0.15, -0.1) is 17.9 Å². The summed E-state index contributed by atoms with van der Waals surface area (Å²) in [5, 5.41) is 3.80. The molecule has 33 heavy (non-hydrogen) atoms. The molecule has 1 N–H and O–H groups in total. The number of hydrogen-bond acceptors (Lipinski definition) is 7. The van der Waals surface area contributed by atoms with Crippen molar-refractivity contribution >= 4 is 45.7 Å². The van der Waals surface area contributed by atoms with Crippen LogP contribution in [0.1, 0.15) is 44.3 Å². The highest BCUT2D eigenvalue weighted by atomic mass is 32.1. The Bertz CT molecular complexity index is 896. The Morgan fingerprint density at radius 3 is 2.36 bits per heavy atom. The fraction of sp³-hybridized carbons (Fsp3) is 0.391. The molecule has 0 spiro atoms. The molecule has 0 saturated carbocycles. The monoisotopic (exact) mass is 483 g/mol. The third-order valence-corrected chi connectivity index (χ3v) is 4.21. The summed E-state index contributed by atoms with van der Waals surface area (Å²) in [7, 11) is 3.78. The topological polar surface area (TPSA) is 79.7 Å². The predicted octanol–water partition coefficient (Wildman–Crippen LogP) is 6.37. The van der Waals surface area contributed by atoms with Gasteiger partial charge in [0.15, 0.2) is 6.29 Å². The minimum absolute atomic E-state index is 0.0856. The van der Waals surface area contributed by atoms with Crippen molar-refractivity contribution in [2.24, 2.45) is 4.99 Å². The summed E-state index contributed by atoms with van der Waals surface area (Å²) in [5.74, 6) is 0.736. The van der Waals surface area contributed by atoms with Gasteiger partial charge in [-0.25, -0.2) is 15.0 Å². The number of allylic oxidation sites excluding steroid dienone is 3. The summed E-state index contributed by atoms with van der Waals surface area (Å²) >= 11 is 1.31. The van der Waals surface area contributed by atoms with Crippen LogP contribution >= 0.6 is 11.3 Å². The van der Waals surface area contributed by atoms with Gasteiger partial charge in [-0.1, -0.05) is 46.4 Å². The van der Waals surface area contributed by atoms with Crippen LogP contribution in [0.3, 0.4) is 0 Å². The Kier molecular flexibility index (Phi) is 19.2. The highest BCUT2D eigenvalue weighted by Gasteiger charge is 2.17. The summed E-state index contributed by atoms with van der Waals surface area (Å²) in [6.45, 7) is 13.9. The van der Waals surface area contributed by atoms with E-state index in [4.69, 9.17) is 0 Å². The molecule has 0 amide bonds. The standard InChI is InChI=1S/C15H17N5OS.C4H6F2O.2C2H6/c1-5-6-10(2)16-8-17-13-11(7-21)22-15-12(13)14(20(3)4)18-9-19-15;1-2-3-7-4(5)6;2*1-2/h5-9H,1H2,2-4H3,(H,16,17);2,4H,1,3H2;2*1-2H3/b10-6+;;;. The highest BCUT2D eigenvalue weighted by molar-refractivity contribution is 7.21. The third-order valence-electron chi connectivity index (χ3n) is 3.19. The van der Waals surface area contributed by atoms with Crippen LogP contribution in [0.4, 0.5) is 20.3 Å². The van der Waals surface area contributed by atoms with Crippen molar-refractivity contribution < 1.29 is 18.3 Å². The molecule has 0 atom stereocenters. The second kappa shape index (κ2) is 19.7. The maximum atomic E-state index is 11.3. The number of thiophene rings is 1. The second-order valence-corrected chi connectivity index (χ2v) is 6.61. The molecule has 10 heteroatoms.